The Morgan fingerprint density at radius 3 is 2.62 bits per heavy atom. The Morgan fingerprint density at radius 1 is 1.12 bits per heavy atom. The first-order valence-corrected chi connectivity index (χ1v) is 11.2. The van der Waals surface area contributed by atoms with Gasteiger partial charge in [0.2, 0.25) is 5.91 Å². The van der Waals surface area contributed by atoms with E-state index in [1.807, 2.05) is 25.3 Å². The van der Waals surface area contributed by atoms with E-state index in [-0.39, 0.29) is 5.91 Å². The number of pyridine rings is 1. The van der Waals surface area contributed by atoms with E-state index in [1.54, 1.807) is 23.2 Å². The number of rotatable bonds is 5. The van der Waals surface area contributed by atoms with E-state index in [1.165, 1.54) is 0 Å². The predicted octanol–water partition coefficient (Wildman–Crippen LogP) is 2.49. The number of hydrogen-bond acceptors (Lipinski definition) is 5. The summed E-state index contributed by atoms with van der Waals surface area (Å²) in [6, 6.07) is 9.34. The molecule has 3 heterocycles. The zero-order valence-corrected chi connectivity index (χ0v) is 18.3. The summed E-state index contributed by atoms with van der Waals surface area (Å²) < 4.78 is 0. The lowest BCUT2D eigenvalue weighted by atomic mass is 9.96. The lowest BCUT2D eigenvalue weighted by molar-refractivity contribution is -0.136. The molecule has 0 unspecified atom stereocenters. The Morgan fingerprint density at radius 2 is 1.94 bits per heavy atom. The molecule has 8 nitrogen and oxygen atoms in total. The number of aromatic nitrogens is 1. The van der Waals surface area contributed by atoms with E-state index in [2.05, 4.69) is 26.6 Å². The van der Waals surface area contributed by atoms with E-state index in [0.29, 0.717) is 31.1 Å². The molecule has 4 rings (SSSR count). The molecule has 0 saturated carbocycles. The molecular weight excluding hydrogens is 406 g/mol. The van der Waals surface area contributed by atoms with E-state index >= 15 is 0 Å². The fraction of sp³-hybridized carbons (Fsp3) is 0.417. The zero-order valence-electron chi connectivity index (χ0n) is 18.3. The van der Waals surface area contributed by atoms with Gasteiger partial charge in [0.05, 0.1) is 11.9 Å². The summed E-state index contributed by atoms with van der Waals surface area (Å²) in [5, 5.41) is 5.43. The smallest absolute Gasteiger partial charge is 0.313 e. The van der Waals surface area contributed by atoms with Gasteiger partial charge in [-0.15, -0.1) is 0 Å². The number of nitrogens with one attached hydrogen (secondary N) is 2. The Kier molecular flexibility index (Phi) is 6.68. The fourth-order valence-corrected chi connectivity index (χ4v) is 4.32. The lowest BCUT2D eigenvalue weighted by Gasteiger charge is -2.33. The van der Waals surface area contributed by atoms with Crippen LogP contribution in [0.25, 0.3) is 0 Å². The fourth-order valence-electron chi connectivity index (χ4n) is 4.32. The number of aryl methyl sites for hydroxylation is 1. The molecule has 0 radical (unpaired) electrons. The van der Waals surface area contributed by atoms with Crippen molar-refractivity contribution in [1.82, 2.24) is 10.3 Å². The summed E-state index contributed by atoms with van der Waals surface area (Å²) in [6.45, 7) is 4.89. The molecule has 2 N–H and O–H groups in total. The Labute approximate surface area is 188 Å². The first-order chi connectivity index (χ1) is 15.5. The maximum Gasteiger partial charge on any atom is 0.313 e. The van der Waals surface area contributed by atoms with Gasteiger partial charge >= 0.3 is 11.8 Å². The van der Waals surface area contributed by atoms with Crippen LogP contribution in [0.5, 0.6) is 0 Å². The van der Waals surface area contributed by atoms with Crippen molar-refractivity contribution in [1.29, 1.82) is 0 Å². The minimum Gasteiger partial charge on any atom is -0.370 e. The molecule has 2 fully saturated rings. The van der Waals surface area contributed by atoms with Crippen LogP contribution in [0.3, 0.4) is 0 Å². The highest BCUT2D eigenvalue weighted by atomic mass is 16.2. The molecule has 8 heteroatoms. The van der Waals surface area contributed by atoms with Gasteiger partial charge in [0.25, 0.3) is 0 Å². The summed E-state index contributed by atoms with van der Waals surface area (Å²) in [7, 11) is 0. The molecule has 3 amide bonds. The highest BCUT2D eigenvalue weighted by Gasteiger charge is 2.24. The van der Waals surface area contributed by atoms with Crippen molar-refractivity contribution in [2.45, 2.75) is 32.6 Å². The highest BCUT2D eigenvalue weighted by molar-refractivity contribution is 6.39. The van der Waals surface area contributed by atoms with Crippen LogP contribution in [0.1, 0.15) is 31.2 Å². The van der Waals surface area contributed by atoms with Gasteiger partial charge in [0.1, 0.15) is 0 Å². The standard InChI is InChI=1S/C24H29N5O3/c1-17-6-7-19(14-21(17)29-11-3-5-22(29)30)27-24(32)23(31)26-15-18-8-12-28(13-9-18)20-4-2-10-25-16-20/h2,4,6-7,10,14,16,18H,3,5,8-9,11-13,15H2,1H3,(H,26,31)(H,27,32). The third-order valence-electron chi connectivity index (χ3n) is 6.21. The second-order valence-corrected chi connectivity index (χ2v) is 8.46. The van der Waals surface area contributed by atoms with E-state index in [9.17, 15) is 14.4 Å². The highest BCUT2D eigenvalue weighted by Crippen LogP contribution is 2.28. The lowest BCUT2D eigenvalue weighted by Crippen LogP contribution is -2.41. The molecule has 2 aromatic rings. The maximum absolute atomic E-state index is 12.4. The number of nitrogens with zero attached hydrogens (tertiary/aromatic N) is 3. The molecule has 0 bridgehead atoms. The van der Waals surface area contributed by atoms with Crippen molar-refractivity contribution in [2.24, 2.45) is 5.92 Å². The van der Waals surface area contributed by atoms with E-state index < -0.39 is 11.8 Å². The molecule has 0 aliphatic carbocycles. The SMILES string of the molecule is Cc1ccc(NC(=O)C(=O)NCC2CCN(c3cccnc3)CC2)cc1N1CCCC1=O. The van der Waals surface area contributed by atoms with Crippen LogP contribution in [-0.4, -0.2) is 48.9 Å². The van der Waals surface area contributed by atoms with Gasteiger partial charge in [0.15, 0.2) is 0 Å². The van der Waals surface area contributed by atoms with Crippen LogP contribution in [-0.2, 0) is 14.4 Å². The molecule has 0 spiro atoms. The zero-order chi connectivity index (χ0) is 22.5. The van der Waals surface area contributed by atoms with Crippen molar-refractivity contribution >= 4 is 34.8 Å². The molecular formula is C24H29N5O3. The summed E-state index contributed by atoms with van der Waals surface area (Å²) in [4.78, 5) is 45.0. The monoisotopic (exact) mass is 435 g/mol. The topological polar surface area (TPSA) is 94.6 Å². The molecule has 0 atom stereocenters. The Hall–Kier alpha value is -3.42. The van der Waals surface area contributed by atoms with Gasteiger partial charge in [-0.3, -0.25) is 19.4 Å². The number of piperidine rings is 1. The third kappa shape index (κ3) is 5.07. The number of amides is 3. The average molecular weight is 436 g/mol. The summed E-state index contributed by atoms with van der Waals surface area (Å²) >= 11 is 0. The molecule has 32 heavy (non-hydrogen) atoms. The van der Waals surface area contributed by atoms with Crippen LogP contribution >= 0.6 is 0 Å². The summed E-state index contributed by atoms with van der Waals surface area (Å²) in [5.41, 5.74) is 3.36. The maximum atomic E-state index is 12.4. The average Bonchev–Trinajstić information content (AvgIpc) is 3.25. The number of hydrogen-bond donors (Lipinski definition) is 2. The van der Waals surface area contributed by atoms with Gasteiger partial charge in [0, 0.05) is 50.2 Å². The van der Waals surface area contributed by atoms with E-state index in [0.717, 1.165) is 49.3 Å². The number of benzene rings is 1. The largest absolute Gasteiger partial charge is 0.370 e. The van der Waals surface area contributed by atoms with Crippen molar-refractivity contribution in [3.63, 3.8) is 0 Å². The minimum atomic E-state index is -0.694. The second-order valence-electron chi connectivity index (χ2n) is 8.46. The van der Waals surface area contributed by atoms with Crippen molar-refractivity contribution < 1.29 is 14.4 Å². The van der Waals surface area contributed by atoms with Gasteiger partial charge in [-0.25, -0.2) is 0 Å². The Bertz CT molecular complexity index is 986. The van der Waals surface area contributed by atoms with Gasteiger partial charge in [-0.1, -0.05) is 6.07 Å². The molecule has 1 aromatic heterocycles. The van der Waals surface area contributed by atoms with Crippen LogP contribution in [0.2, 0.25) is 0 Å². The Balaban J connectivity index is 1.26. The molecule has 1 aromatic carbocycles. The normalized spacial score (nSPS) is 16.8. The van der Waals surface area contributed by atoms with Crippen LogP contribution in [0, 0.1) is 12.8 Å². The van der Waals surface area contributed by atoms with Crippen LogP contribution in [0.4, 0.5) is 17.1 Å². The van der Waals surface area contributed by atoms with Crippen molar-refractivity contribution in [2.75, 3.05) is 41.3 Å². The number of carbonyl (C=O) groups is 3. The second kappa shape index (κ2) is 9.80. The van der Waals surface area contributed by atoms with Gasteiger partial charge in [-0.2, -0.15) is 0 Å². The van der Waals surface area contributed by atoms with Gasteiger partial charge in [-0.05, 0) is 61.9 Å². The third-order valence-corrected chi connectivity index (χ3v) is 6.21. The van der Waals surface area contributed by atoms with Crippen LogP contribution in [0.15, 0.2) is 42.7 Å². The van der Waals surface area contributed by atoms with Crippen molar-refractivity contribution in [3.8, 4) is 0 Å². The first kappa shape index (κ1) is 21.8. The first-order valence-electron chi connectivity index (χ1n) is 11.2. The minimum absolute atomic E-state index is 0.0869. The number of carbonyl (C=O) groups excluding carboxylic acids is 3. The van der Waals surface area contributed by atoms with Crippen molar-refractivity contribution in [3.05, 3.63) is 48.3 Å². The van der Waals surface area contributed by atoms with Crippen LogP contribution < -0.4 is 20.4 Å². The molecule has 2 aliphatic rings. The molecule has 168 valence electrons. The van der Waals surface area contributed by atoms with E-state index in [4.69, 9.17) is 0 Å². The predicted molar refractivity (Wildman–Crippen MR) is 124 cm³/mol. The van der Waals surface area contributed by atoms with Gasteiger partial charge < -0.3 is 20.4 Å². The summed E-state index contributed by atoms with van der Waals surface area (Å²) in [6.07, 6.45) is 6.89. The molecule has 2 saturated heterocycles. The summed E-state index contributed by atoms with van der Waals surface area (Å²) in [5.74, 6) is -0.907. The molecule has 2 aliphatic heterocycles. The quantitative estimate of drug-likeness (QED) is 0.704. The number of anilines is 3.